The van der Waals surface area contributed by atoms with Gasteiger partial charge in [0.1, 0.15) is 5.60 Å². The van der Waals surface area contributed by atoms with Crippen LogP contribution in [0.4, 0.5) is 0 Å². The van der Waals surface area contributed by atoms with E-state index in [1.54, 1.807) is 0 Å². The average Bonchev–Trinajstić information content (AvgIpc) is 2.28. The maximum Gasteiger partial charge on any atom is 0.310 e. The molecule has 0 radical (unpaired) electrons. The number of hydrogen-bond acceptors (Lipinski definition) is 3. The normalized spacial score (nSPS) is 19.6. The van der Waals surface area contributed by atoms with Crippen molar-refractivity contribution in [3.63, 3.8) is 0 Å². The van der Waals surface area contributed by atoms with Gasteiger partial charge in [-0.05, 0) is 45.3 Å². The Morgan fingerprint density at radius 3 is 2.44 bits per heavy atom. The van der Waals surface area contributed by atoms with Crippen molar-refractivity contribution < 1.29 is 9.53 Å². The number of ether oxygens (including phenoxy) is 1. The van der Waals surface area contributed by atoms with Gasteiger partial charge in [-0.25, -0.2) is 0 Å². The van der Waals surface area contributed by atoms with E-state index < -0.39 is 0 Å². The summed E-state index contributed by atoms with van der Waals surface area (Å²) in [6.07, 6.45) is 6.97. The van der Waals surface area contributed by atoms with E-state index in [4.69, 9.17) is 4.74 Å². The van der Waals surface area contributed by atoms with E-state index in [1.165, 1.54) is 37.9 Å². The number of carbonyl (C=O) groups is 1. The lowest BCUT2D eigenvalue weighted by Gasteiger charge is -2.23. The number of esters is 1. The Morgan fingerprint density at radius 1 is 1.28 bits per heavy atom. The largest absolute Gasteiger partial charge is 0.460 e. The van der Waals surface area contributed by atoms with Crippen LogP contribution in [0.2, 0.25) is 0 Å². The van der Waals surface area contributed by atoms with Crippen LogP contribution in [0.15, 0.2) is 0 Å². The van der Waals surface area contributed by atoms with E-state index in [1.807, 2.05) is 39.5 Å². The Kier molecular flexibility index (Phi) is 6.54. The average molecular weight is 272 g/mol. The summed E-state index contributed by atoms with van der Waals surface area (Å²) in [6, 6.07) is 0. The molecule has 0 heterocycles. The molecule has 1 fully saturated rings. The van der Waals surface area contributed by atoms with Crippen molar-refractivity contribution in [3.05, 3.63) is 0 Å². The van der Waals surface area contributed by atoms with Gasteiger partial charge in [-0.2, -0.15) is 11.8 Å². The molecule has 1 aliphatic carbocycles. The SMILES string of the molecule is C[C@@H](CSCC1CCCCC1)C(=O)OC(C)(C)C. The Bertz CT molecular complexity index is 252. The molecule has 0 N–H and O–H groups in total. The first kappa shape index (κ1) is 15.9. The third-order valence-electron chi connectivity index (χ3n) is 3.26. The van der Waals surface area contributed by atoms with Crippen LogP contribution in [0.3, 0.4) is 0 Å². The van der Waals surface area contributed by atoms with Gasteiger partial charge < -0.3 is 4.74 Å². The van der Waals surface area contributed by atoms with E-state index in [2.05, 4.69) is 0 Å². The summed E-state index contributed by atoms with van der Waals surface area (Å²) in [7, 11) is 0. The van der Waals surface area contributed by atoms with Gasteiger partial charge in [0.2, 0.25) is 0 Å². The zero-order valence-corrected chi connectivity index (χ0v) is 13.1. The van der Waals surface area contributed by atoms with Crippen molar-refractivity contribution in [1.82, 2.24) is 0 Å². The molecule has 0 bridgehead atoms. The quantitative estimate of drug-likeness (QED) is 0.699. The van der Waals surface area contributed by atoms with Crippen LogP contribution in [0.25, 0.3) is 0 Å². The van der Waals surface area contributed by atoms with E-state index in [-0.39, 0.29) is 17.5 Å². The third-order valence-corrected chi connectivity index (χ3v) is 4.70. The standard InChI is InChI=1S/C15H28O2S/c1-12(14(16)17-15(2,3)4)10-18-11-13-8-6-5-7-9-13/h12-13H,5-11H2,1-4H3/t12-/m0/s1. The minimum absolute atomic E-state index is 0.0119. The molecule has 0 aromatic heterocycles. The molecule has 106 valence electrons. The molecule has 0 aromatic carbocycles. The zero-order chi connectivity index (χ0) is 13.6. The van der Waals surface area contributed by atoms with Gasteiger partial charge >= 0.3 is 5.97 Å². The highest BCUT2D eigenvalue weighted by atomic mass is 32.2. The fraction of sp³-hybridized carbons (Fsp3) is 0.933. The monoisotopic (exact) mass is 272 g/mol. The maximum absolute atomic E-state index is 11.8. The number of rotatable bonds is 5. The highest BCUT2D eigenvalue weighted by Gasteiger charge is 2.22. The van der Waals surface area contributed by atoms with E-state index in [9.17, 15) is 4.79 Å². The van der Waals surface area contributed by atoms with Crippen molar-refractivity contribution in [2.24, 2.45) is 11.8 Å². The molecular weight excluding hydrogens is 244 g/mol. The molecule has 1 rings (SSSR count). The lowest BCUT2D eigenvalue weighted by Crippen LogP contribution is -2.28. The lowest BCUT2D eigenvalue weighted by molar-refractivity contribution is -0.158. The smallest absolute Gasteiger partial charge is 0.310 e. The second-order valence-corrected chi connectivity index (χ2v) is 7.55. The summed E-state index contributed by atoms with van der Waals surface area (Å²) < 4.78 is 5.39. The first-order valence-corrected chi connectivity index (χ1v) is 8.34. The number of hydrogen-bond donors (Lipinski definition) is 0. The minimum Gasteiger partial charge on any atom is -0.460 e. The van der Waals surface area contributed by atoms with Crippen LogP contribution in [-0.2, 0) is 9.53 Å². The summed E-state index contributed by atoms with van der Waals surface area (Å²) in [5.74, 6) is 2.95. The van der Waals surface area contributed by atoms with Crippen molar-refractivity contribution in [2.45, 2.75) is 65.4 Å². The Labute approximate surface area is 116 Å². The van der Waals surface area contributed by atoms with Crippen molar-refractivity contribution >= 4 is 17.7 Å². The van der Waals surface area contributed by atoms with Gasteiger partial charge in [0.15, 0.2) is 0 Å². The first-order valence-electron chi connectivity index (χ1n) is 7.19. The molecule has 0 aliphatic heterocycles. The molecule has 0 aromatic rings. The van der Waals surface area contributed by atoms with Gasteiger partial charge in [0, 0.05) is 5.75 Å². The van der Waals surface area contributed by atoms with Crippen LogP contribution in [-0.4, -0.2) is 23.1 Å². The second-order valence-electron chi connectivity index (χ2n) is 6.48. The van der Waals surface area contributed by atoms with Crippen molar-refractivity contribution in [1.29, 1.82) is 0 Å². The molecule has 0 saturated heterocycles. The summed E-state index contributed by atoms with van der Waals surface area (Å²) >= 11 is 1.92. The van der Waals surface area contributed by atoms with E-state index in [0.29, 0.717) is 0 Å². The first-order chi connectivity index (χ1) is 8.38. The van der Waals surface area contributed by atoms with Gasteiger partial charge in [0.25, 0.3) is 0 Å². The minimum atomic E-state index is -0.362. The molecule has 3 heteroatoms. The molecule has 0 spiro atoms. The molecule has 1 atom stereocenters. The fourth-order valence-corrected chi connectivity index (χ4v) is 3.53. The van der Waals surface area contributed by atoms with Gasteiger partial charge in [-0.1, -0.05) is 26.2 Å². The topological polar surface area (TPSA) is 26.3 Å². The molecule has 18 heavy (non-hydrogen) atoms. The van der Waals surface area contributed by atoms with Gasteiger partial charge in [0.05, 0.1) is 5.92 Å². The molecular formula is C15H28O2S. The predicted molar refractivity (Wildman–Crippen MR) is 78.9 cm³/mol. The number of thioether (sulfide) groups is 1. The van der Waals surface area contributed by atoms with Crippen molar-refractivity contribution in [2.75, 3.05) is 11.5 Å². The van der Waals surface area contributed by atoms with Crippen LogP contribution in [0.1, 0.15) is 59.8 Å². The molecule has 1 aliphatic rings. The van der Waals surface area contributed by atoms with Crippen LogP contribution >= 0.6 is 11.8 Å². The Hall–Kier alpha value is -0.180. The highest BCUT2D eigenvalue weighted by Crippen LogP contribution is 2.27. The third kappa shape index (κ3) is 6.67. The fourth-order valence-electron chi connectivity index (χ4n) is 2.24. The molecule has 2 nitrogen and oxygen atoms in total. The zero-order valence-electron chi connectivity index (χ0n) is 12.3. The molecule has 0 amide bonds. The predicted octanol–water partition coefficient (Wildman–Crippen LogP) is 4.28. The highest BCUT2D eigenvalue weighted by molar-refractivity contribution is 7.99. The van der Waals surface area contributed by atoms with Crippen LogP contribution in [0, 0.1) is 11.8 Å². The summed E-state index contributed by atoms with van der Waals surface area (Å²) in [5.41, 5.74) is -0.362. The Morgan fingerprint density at radius 2 is 1.89 bits per heavy atom. The summed E-state index contributed by atoms with van der Waals surface area (Å²) in [6.45, 7) is 7.74. The van der Waals surface area contributed by atoms with Crippen LogP contribution < -0.4 is 0 Å². The van der Waals surface area contributed by atoms with Crippen LogP contribution in [0.5, 0.6) is 0 Å². The van der Waals surface area contributed by atoms with Gasteiger partial charge in [-0.3, -0.25) is 4.79 Å². The Balaban J connectivity index is 2.15. The maximum atomic E-state index is 11.8. The molecule has 1 saturated carbocycles. The summed E-state index contributed by atoms with van der Waals surface area (Å²) in [5, 5.41) is 0. The van der Waals surface area contributed by atoms with Crippen molar-refractivity contribution in [3.8, 4) is 0 Å². The van der Waals surface area contributed by atoms with Gasteiger partial charge in [-0.15, -0.1) is 0 Å². The molecule has 0 unspecified atom stereocenters. The number of carbonyl (C=O) groups excluding carboxylic acids is 1. The second kappa shape index (κ2) is 7.42. The van der Waals surface area contributed by atoms with E-state index >= 15 is 0 Å². The summed E-state index contributed by atoms with van der Waals surface area (Å²) in [4.78, 5) is 11.8. The van der Waals surface area contributed by atoms with E-state index in [0.717, 1.165) is 11.7 Å². The lowest BCUT2D eigenvalue weighted by atomic mass is 9.91.